The second kappa shape index (κ2) is 8.09. The summed E-state index contributed by atoms with van der Waals surface area (Å²) in [4.78, 5) is 28.5. The first-order chi connectivity index (χ1) is 16.0. The maximum Gasteiger partial charge on any atom is 0.346 e. The number of pyridine rings is 1. The monoisotopic (exact) mass is 442 g/mol. The Hall–Kier alpha value is -4.13. The quantitative estimate of drug-likeness (QED) is 0.623. The number of aromatic nitrogens is 1. The summed E-state index contributed by atoms with van der Waals surface area (Å²) in [6.07, 6.45) is 5.73. The van der Waals surface area contributed by atoms with Crippen LogP contribution in [0.25, 0.3) is 11.1 Å². The van der Waals surface area contributed by atoms with E-state index in [1.165, 1.54) is 6.26 Å². The zero-order valence-electron chi connectivity index (χ0n) is 17.9. The van der Waals surface area contributed by atoms with E-state index in [-0.39, 0.29) is 5.91 Å². The topological polar surface area (TPSA) is 97.8 Å². The molecule has 1 aromatic heterocycles. The zero-order valence-corrected chi connectivity index (χ0v) is 17.9. The summed E-state index contributed by atoms with van der Waals surface area (Å²) in [6, 6.07) is 14.9. The van der Waals surface area contributed by atoms with Gasteiger partial charge < -0.3 is 19.9 Å². The molecule has 2 aromatic carbocycles. The third-order valence-electron chi connectivity index (χ3n) is 6.22. The van der Waals surface area contributed by atoms with Crippen LogP contribution in [0, 0.1) is 0 Å². The van der Waals surface area contributed by atoms with E-state index in [0.717, 1.165) is 27.8 Å². The number of carboxylic acids is 1. The van der Waals surface area contributed by atoms with Gasteiger partial charge in [-0.2, -0.15) is 0 Å². The van der Waals surface area contributed by atoms with Gasteiger partial charge in [-0.3, -0.25) is 9.78 Å². The second-order valence-electron chi connectivity index (χ2n) is 8.36. The Morgan fingerprint density at radius 1 is 1.18 bits per heavy atom. The molecule has 0 radical (unpaired) electrons. The summed E-state index contributed by atoms with van der Waals surface area (Å²) in [5.74, 6) is -0.565. The number of rotatable bonds is 5. The van der Waals surface area contributed by atoms with Gasteiger partial charge in [-0.05, 0) is 54.0 Å². The van der Waals surface area contributed by atoms with Crippen molar-refractivity contribution in [1.82, 2.24) is 10.3 Å². The second-order valence-corrected chi connectivity index (χ2v) is 8.36. The molecule has 0 aliphatic carbocycles. The highest BCUT2D eigenvalue weighted by molar-refractivity contribution is 5.95. The van der Waals surface area contributed by atoms with E-state index in [1.54, 1.807) is 30.6 Å². The van der Waals surface area contributed by atoms with Gasteiger partial charge in [0.15, 0.2) is 0 Å². The van der Waals surface area contributed by atoms with Gasteiger partial charge in [0.1, 0.15) is 12.4 Å². The third-order valence-corrected chi connectivity index (χ3v) is 6.22. The lowest BCUT2D eigenvalue weighted by Gasteiger charge is -2.27. The number of fused-ring (bicyclic) bond motifs is 3. The van der Waals surface area contributed by atoms with Crippen LogP contribution in [-0.4, -0.2) is 28.1 Å². The molecule has 2 unspecified atom stereocenters. The molecule has 0 bridgehead atoms. The Morgan fingerprint density at radius 3 is 2.91 bits per heavy atom. The Balaban J connectivity index is 1.31. The standard InChI is InChI=1S/C26H22N2O5/c1-26(8-10-32-23(26)25(30)31)19-4-2-3-16(11-19)13-28-24(29)17-5-6-21-20-7-9-27-14-18(20)15-33-22(21)12-17/h2-12,14,23H,13,15H2,1H3,(H,28,29)(H,30,31). The highest BCUT2D eigenvalue weighted by Crippen LogP contribution is 2.38. The Labute approximate surface area is 190 Å². The van der Waals surface area contributed by atoms with Gasteiger partial charge >= 0.3 is 5.97 Å². The van der Waals surface area contributed by atoms with E-state index in [4.69, 9.17) is 9.47 Å². The molecule has 0 saturated carbocycles. The molecule has 3 aromatic rings. The highest BCUT2D eigenvalue weighted by Gasteiger charge is 2.43. The molecule has 0 saturated heterocycles. The van der Waals surface area contributed by atoms with Gasteiger partial charge in [-0.15, -0.1) is 0 Å². The molecule has 7 heteroatoms. The van der Waals surface area contributed by atoms with Gasteiger partial charge in [0, 0.05) is 35.6 Å². The van der Waals surface area contributed by atoms with E-state index in [2.05, 4.69) is 10.3 Å². The van der Waals surface area contributed by atoms with Crippen LogP contribution in [0.1, 0.15) is 34.0 Å². The van der Waals surface area contributed by atoms with Gasteiger partial charge in [0.25, 0.3) is 5.91 Å². The van der Waals surface area contributed by atoms with Crippen LogP contribution < -0.4 is 10.1 Å². The number of amides is 1. The molecule has 2 aliphatic heterocycles. The molecular formula is C26H22N2O5. The van der Waals surface area contributed by atoms with Crippen molar-refractivity contribution in [2.75, 3.05) is 0 Å². The minimum atomic E-state index is -1.02. The lowest BCUT2D eigenvalue weighted by Crippen LogP contribution is -2.39. The van der Waals surface area contributed by atoms with Crippen LogP contribution in [0.15, 0.2) is 73.3 Å². The first-order valence-corrected chi connectivity index (χ1v) is 10.6. The average molecular weight is 442 g/mol. The van der Waals surface area contributed by atoms with Crippen molar-refractivity contribution in [1.29, 1.82) is 0 Å². The maximum atomic E-state index is 12.8. The number of aliphatic carboxylic acids is 1. The first-order valence-electron chi connectivity index (χ1n) is 10.6. The molecule has 2 aliphatic rings. The number of nitrogens with zero attached hydrogens (tertiary/aromatic N) is 1. The molecule has 0 fully saturated rings. The average Bonchev–Trinajstić information content (AvgIpc) is 3.25. The minimum Gasteiger partial charge on any atom is -0.488 e. The van der Waals surface area contributed by atoms with Gasteiger partial charge in [-0.25, -0.2) is 4.79 Å². The molecule has 2 atom stereocenters. The van der Waals surface area contributed by atoms with Crippen molar-refractivity contribution < 1.29 is 24.2 Å². The zero-order chi connectivity index (χ0) is 23.0. The lowest BCUT2D eigenvalue weighted by molar-refractivity contribution is -0.148. The molecule has 3 heterocycles. The van der Waals surface area contributed by atoms with Crippen molar-refractivity contribution in [3.63, 3.8) is 0 Å². The van der Waals surface area contributed by atoms with E-state index in [1.807, 2.05) is 43.3 Å². The van der Waals surface area contributed by atoms with Crippen molar-refractivity contribution in [3.05, 3.63) is 95.5 Å². The van der Waals surface area contributed by atoms with E-state index >= 15 is 0 Å². The normalized spacial score (nSPS) is 20.2. The number of ether oxygens (including phenoxy) is 2. The summed E-state index contributed by atoms with van der Waals surface area (Å²) < 4.78 is 11.1. The number of nitrogens with one attached hydrogen (secondary N) is 1. The fourth-order valence-corrected chi connectivity index (χ4v) is 4.32. The van der Waals surface area contributed by atoms with Gasteiger partial charge in [0.05, 0.1) is 11.7 Å². The third kappa shape index (κ3) is 3.71. The summed E-state index contributed by atoms with van der Waals surface area (Å²) in [7, 11) is 0. The fraction of sp³-hybridized carbons (Fsp3) is 0.192. The number of hydrogen-bond donors (Lipinski definition) is 2. The van der Waals surface area contributed by atoms with Gasteiger partial charge in [0.2, 0.25) is 6.10 Å². The fourth-order valence-electron chi connectivity index (χ4n) is 4.32. The van der Waals surface area contributed by atoms with Crippen molar-refractivity contribution in [3.8, 4) is 16.9 Å². The minimum absolute atomic E-state index is 0.217. The van der Waals surface area contributed by atoms with Crippen LogP contribution in [0.3, 0.4) is 0 Å². The predicted molar refractivity (Wildman–Crippen MR) is 121 cm³/mol. The van der Waals surface area contributed by atoms with Crippen LogP contribution >= 0.6 is 0 Å². The summed E-state index contributed by atoms with van der Waals surface area (Å²) in [6.45, 7) is 2.55. The molecular weight excluding hydrogens is 420 g/mol. The van der Waals surface area contributed by atoms with E-state index in [0.29, 0.717) is 24.5 Å². The SMILES string of the molecule is CC1(c2cccc(CNC(=O)c3ccc4c(c3)OCc3cnccc3-4)c2)C=COC1C(=O)O. The molecule has 7 nitrogen and oxygen atoms in total. The summed E-state index contributed by atoms with van der Waals surface area (Å²) in [5.41, 5.74) is 4.42. The first kappa shape index (κ1) is 20.8. The molecule has 5 rings (SSSR count). The predicted octanol–water partition coefficient (Wildman–Crippen LogP) is 3.83. The van der Waals surface area contributed by atoms with Crippen LogP contribution in [0.2, 0.25) is 0 Å². The smallest absolute Gasteiger partial charge is 0.346 e. The Kier molecular flexibility index (Phi) is 5.09. The number of benzene rings is 2. The van der Waals surface area contributed by atoms with Gasteiger partial charge in [-0.1, -0.05) is 24.3 Å². The number of carbonyl (C=O) groups excluding carboxylic acids is 1. The lowest BCUT2D eigenvalue weighted by atomic mass is 9.78. The van der Waals surface area contributed by atoms with E-state index in [9.17, 15) is 14.7 Å². The van der Waals surface area contributed by atoms with Crippen molar-refractivity contribution in [2.45, 2.75) is 31.6 Å². The summed E-state index contributed by atoms with van der Waals surface area (Å²) in [5, 5.41) is 12.4. The molecule has 2 N–H and O–H groups in total. The van der Waals surface area contributed by atoms with Crippen LogP contribution in [-0.2, 0) is 28.1 Å². The Morgan fingerprint density at radius 2 is 2.06 bits per heavy atom. The van der Waals surface area contributed by atoms with Crippen molar-refractivity contribution in [2.24, 2.45) is 0 Å². The molecule has 166 valence electrons. The van der Waals surface area contributed by atoms with Crippen LogP contribution in [0.5, 0.6) is 5.75 Å². The van der Waals surface area contributed by atoms with Crippen molar-refractivity contribution >= 4 is 11.9 Å². The number of carbonyl (C=O) groups is 2. The van der Waals surface area contributed by atoms with Crippen LogP contribution in [0.4, 0.5) is 0 Å². The highest BCUT2D eigenvalue weighted by atomic mass is 16.5. The maximum absolute atomic E-state index is 12.8. The number of carboxylic acid groups (broad SMARTS) is 1. The summed E-state index contributed by atoms with van der Waals surface area (Å²) >= 11 is 0. The Bertz CT molecular complexity index is 1290. The molecule has 1 amide bonds. The molecule has 33 heavy (non-hydrogen) atoms. The molecule has 0 spiro atoms. The van der Waals surface area contributed by atoms with E-state index < -0.39 is 17.5 Å². The number of hydrogen-bond acceptors (Lipinski definition) is 5. The largest absolute Gasteiger partial charge is 0.488 e.